The molecule has 2 amide bonds. The Morgan fingerprint density at radius 2 is 2.00 bits per heavy atom. The van der Waals surface area contributed by atoms with Gasteiger partial charge in [0.1, 0.15) is 11.1 Å². The van der Waals surface area contributed by atoms with Crippen molar-refractivity contribution in [1.29, 1.82) is 0 Å². The molecule has 0 aliphatic carbocycles. The van der Waals surface area contributed by atoms with Crippen molar-refractivity contribution in [2.45, 2.75) is 45.8 Å². The van der Waals surface area contributed by atoms with E-state index in [1.807, 2.05) is 20.8 Å². The zero-order valence-electron chi connectivity index (χ0n) is 10.6. The Bertz CT molecular complexity index is 305. The van der Waals surface area contributed by atoms with Crippen molar-refractivity contribution < 1.29 is 14.3 Å². The van der Waals surface area contributed by atoms with Crippen LogP contribution in [0.4, 0.5) is 4.79 Å². The van der Waals surface area contributed by atoms with Gasteiger partial charge in [-0.1, -0.05) is 0 Å². The van der Waals surface area contributed by atoms with Crippen molar-refractivity contribution in [1.82, 2.24) is 10.2 Å². The van der Waals surface area contributed by atoms with Crippen molar-refractivity contribution in [3.05, 3.63) is 0 Å². The third kappa shape index (κ3) is 2.65. The molecule has 5 heteroatoms. The van der Waals surface area contributed by atoms with E-state index in [1.165, 1.54) is 4.90 Å². The molecule has 1 fully saturated rings. The predicted octanol–water partition coefficient (Wildman–Crippen LogP) is 1.13. The Kier molecular flexibility index (Phi) is 3.17. The van der Waals surface area contributed by atoms with Gasteiger partial charge in [0.2, 0.25) is 5.91 Å². The summed E-state index contributed by atoms with van der Waals surface area (Å²) in [5, 5.41) is 2.73. The highest BCUT2D eigenvalue weighted by atomic mass is 16.6. The summed E-state index contributed by atoms with van der Waals surface area (Å²) in [5.74, 6) is -0.149. The lowest BCUT2D eigenvalue weighted by molar-refractivity contribution is -0.134. The lowest BCUT2D eigenvalue weighted by Crippen LogP contribution is -2.63. The van der Waals surface area contributed by atoms with E-state index in [2.05, 4.69) is 5.32 Å². The fourth-order valence-corrected chi connectivity index (χ4v) is 1.54. The lowest BCUT2D eigenvalue weighted by atomic mass is 10.00. The minimum atomic E-state index is -0.847. The van der Waals surface area contributed by atoms with Gasteiger partial charge < -0.3 is 10.1 Å². The highest BCUT2D eigenvalue weighted by Crippen LogP contribution is 2.20. The maximum absolute atomic E-state index is 11.9. The van der Waals surface area contributed by atoms with Gasteiger partial charge in [0.25, 0.3) is 0 Å². The highest BCUT2D eigenvalue weighted by molar-refractivity contribution is 5.90. The number of piperazine rings is 1. The van der Waals surface area contributed by atoms with Crippen LogP contribution in [0.25, 0.3) is 0 Å². The number of nitrogens with zero attached hydrogens (tertiary/aromatic N) is 1. The number of carbonyl (C=O) groups is 2. The van der Waals surface area contributed by atoms with E-state index in [4.69, 9.17) is 4.74 Å². The molecule has 1 aliphatic heterocycles. The lowest BCUT2D eigenvalue weighted by Gasteiger charge is -2.41. The van der Waals surface area contributed by atoms with E-state index < -0.39 is 17.2 Å². The summed E-state index contributed by atoms with van der Waals surface area (Å²) in [6.45, 7) is 9.80. The van der Waals surface area contributed by atoms with Gasteiger partial charge in [0.15, 0.2) is 0 Å². The molecular formula is C11H20N2O3. The van der Waals surface area contributed by atoms with Crippen LogP contribution in [0.1, 0.15) is 34.6 Å². The molecule has 1 N–H and O–H groups in total. The van der Waals surface area contributed by atoms with E-state index in [9.17, 15) is 9.59 Å². The first-order valence-electron chi connectivity index (χ1n) is 5.43. The van der Waals surface area contributed by atoms with Crippen molar-refractivity contribution >= 4 is 12.0 Å². The fraction of sp³-hybridized carbons (Fsp3) is 0.818. The Morgan fingerprint density at radius 3 is 2.50 bits per heavy atom. The largest absolute Gasteiger partial charge is 0.444 e. The van der Waals surface area contributed by atoms with E-state index >= 15 is 0 Å². The molecule has 0 saturated carbocycles. The molecule has 0 radical (unpaired) electrons. The SMILES string of the molecule is CC(C)(C)OC(=O)N1CCNC(=O)C1(C)C. The van der Waals surface area contributed by atoms with Crippen molar-refractivity contribution in [2.75, 3.05) is 13.1 Å². The van der Waals surface area contributed by atoms with Crippen LogP contribution in [-0.4, -0.2) is 41.1 Å². The molecule has 0 aromatic heterocycles. The van der Waals surface area contributed by atoms with Gasteiger partial charge in [-0.05, 0) is 34.6 Å². The number of hydrogen-bond acceptors (Lipinski definition) is 3. The van der Waals surface area contributed by atoms with Crippen LogP contribution in [0.5, 0.6) is 0 Å². The molecule has 92 valence electrons. The summed E-state index contributed by atoms with van der Waals surface area (Å²) in [5.41, 5.74) is -1.39. The van der Waals surface area contributed by atoms with Gasteiger partial charge in [0, 0.05) is 13.1 Å². The minimum Gasteiger partial charge on any atom is -0.444 e. The monoisotopic (exact) mass is 228 g/mol. The van der Waals surface area contributed by atoms with E-state index in [0.717, 1.165) is 0 Å². The molecule has 0 aromatic rings. The second kappa shape index (κ2) is 3.96. The van der Waals surface area contributed by atoms with Gasteiger partial charge in [-0.15, -0.1) is 0 Å². The van der Waals surface area contributed by atoms with Gasteiger partial charge in [-0.2, -0.15) is 0 Å². The second-order valence-corrected chi connectivity index (χ2v) is 5.45. The molecule has 1 rings (SSSR count). The molecule has 0 unspecified atom stereocenters. The zero-order valence-corrected chi connectivity index (χ0v) is 10.6. The van der Waals surface area contributed by atoms with Crippen molar-refractivity contribution in [2.24, 2.45) is 0 Å². The van der Waals surface area contributed by atoms with Gasteiger partial charge in [-0.3, -0.25) is 9.69 Å². The molecule has 1 saturated heterocycles. The van der Waals surface area contributed by atoms with Crippen LogP contribution < -0.4 is 5.32 Å². The summed E-state index contributed by atoms with van der Waals surface area (Å²) in [6, 6.07) is 0. The van der Waals surface area contributed by atoms with Gasteiger partial charge >= 0.3 is 6.09 Å². The average molecular weight is 228 g/mol. The first-order chi connectivity index (χ1) is 7.14. The molecular weight excluding hydrogens is 208 g/mol. The number of nitrogens with one attached hydrogen (secondary N) is 1. The second-order valence-electron chi connectivity index (χ2n) is 5.45. The number of hydrogen-bond donors (Lipinski definition) is 1. The molecule has 0 atom stereocenters. The summed E-state index contributed by atoms with van der Waals surface area (Å²) < 4.78 is 5.27. The minimum absolute atomic E-state index is 0.149. The van der Waals surface area contributed by atoms with E-state index in [-0.39, 0.29) is 5.91 Å². The molecule has 5 nitrogen and oxygen atoms in total. The standard InChI is InChI=1S/C11H20N2O3/c1-10(2,3)16-9(15)13-7-6-12-8(14)11(13,4)5/h6-7H2,1-5H3,(H,12,14). The number of carbonyl (C=O) groups excluding carboxylic acids is 2. The van der Waals surface area contributed by atoms with Crippen molar-refractivity contribution in [3.63, 3.8) is 0 Å². The molecule has 1 heterocycles. The number of rotatable bonds is 0. The summed E-state index contributed by atoms with van der Waals surface area (Å²) in [6.07, 6.45) is -0.438. The Morgan fingerprint density at radius 1 is 1.44 bits per heavy atom. The van der Waals surface area contributed by atoms with Crippen LogP contribution in [-0.2, 0) is 9.53 Å². The van der Waals surface area contributed by atoms with Crippen molar-refractivity contribution in [3.8, 4) is 0 Å². The first-order valence-corrected chi connectivity index (χ1v) is 5.43. The topological polar surface area (TPSA) is 58.6 Å². The summed E-state index contributed by atoms with van der Waals surface area (Å²) >= 11 is 0. The van der Waals surface area contributed by atoms with Crippen LogP contribution >= 0.6 is 0 Å². The highest BCUT2D eigenvalue weighted by Gasteiger charge is 2.42. The maximum atomic E-state index is 11.9. The molecule has 0 spiro atoms. The average Bonchev–Trinajstić information content (AvgIpc) is 2.06. The smallest absolute Gasteiger partial charge is 0.411 e. The Balaban J connectivity index is 2.79. The Labute approximate surface area is 96.1 Å². The van der Waals surface area contributed by atoms with E-state index in [0.29, 0.717) is 13.1 Å². The first kappa shape index (κ1) is 12.8. The molecule has 16 heavy (non-hydrogen) atoms. The zero-order chi connectivity index (χ0) is 12.6. The molecule has 0 bridgehead atoms. The third-order valence-electron chi connectivity index (χ3n) is 2.47. The fourth-order valence-electron chi connectivity index (χ4n) is 1.54. The number of ether oxygens (including phenoxy) is 1. The Hall–Kier alpha value is -1.26. The van der Waals surface area contributed by atoms with Gasteiger partial charge in [-0.25, -0.2) is 4.79 Å². The quantitative estimate of drug-likeness (QED) is 0.676. The maximum Gasteiger partial charge on any atom is 0.411 e. The van der Waals surface area contributed by atoms with Gasteiger partial charge in [0.05, 0.1) is 0 Å². The molecule has 0 aromatic carbocycles. The predicted molar refractivity (Wildman–Crippen MR) is 60.0 cm³/mol. The summed E-state index contributed by atoms with van der Waals surface area (Å²) in [4.78, 5) is 25.0. The van der Waals surface area contributed by atoms with Crippen LogP contribution in [0, 0.1) is 0 Å². The van der Waals surface area contributed by atoms with E-state index in [1.54, 1.807) is 13.8 Å². The number of amides is 2. The molecule has 1 aliphatic rings. The summed E-state index contributed by atoms with van der Waals surface area (Å²) in [7, 11) is 0. The van der Waals surface area contributed by atoms with Crippen LogP contribution in [0.2, 0.25) is 0 Å². The van der Waals surface area contributed by atoms with Crippen LogP contribution in [0.3, 0.4) is 0 Å². The third-order valence-corrected chi connectivity index (χ3v) is 2.47. The normalized spacial score (nSPS) is 20.3. The van der Waals surface area contributed by atoms with Crippen LogP contribution in [0.15, 0.2) is 0 Å².